The molecule has 0 spiro atoms. The Labute approximate surface area is 209 Å². The Bertz CT molecular complexity index is 1350. The number of aromatic amines is 1. The summed E-state index contributed by atoms with van der Waals surface area (Å²) in [5, 5.41) is 0. The van der Waals surface area contributed by atoms with E-state index < -0.39 is 11.2 Å². The molecule has 36 heavy (non-hydrogen) atoms. The highest BCUT2D eigenvalue weighted by Gasteiger charge is 2.28. The van der Waals surface area contributed by atoms with E-state index in [0.717, 1.165) is 17.5 Å². The van der Waals surface area contributed by atoms with Gasteiger partial charge in [0.15, 0.2) is 5.69 Å². The van der Waals surface area contributed by atoms with Gasteiger partial charge in [0, 0.05) is 18.9 Å². The van der Waals surface area contributed by atoms with Gasteiger partial charge in [-0.2, -0.15) is 0 Å². The number of furan rings is 1. The quantitative estimate of drug-likeness (QED) is 0.347. The number of nitrogen functional groups attached to an aromatic ring is 1. The zero-order valence-electron chi connectivity index (χ0n) is 20.2. The fourth-order valence-electron chi connectivity index (χ4n) is 4.31. The van der Waals surface area contributed by atoms with Crippen LogP contribution >= 0.6 is 0 Å². The molecule has 0 bridgehead atoms. The molecule has 0 atom stereocenters. The van der Waals surface area contributed by atoms with Gasteiger partial charge in [0.2, 0.25) is 5.91 Å². The smallest absolute Gasteiger partial charge is 0.330 e. The van der Waals surface area contributed by atoms with Crippen molar-refractivity contribution < 1.29 is 9.21 Å². The van der Waals surface area contributed by atoms with Gasteiger partial charge < -0.3 is 10.2 Å². The average Bonchev–Trinajstić information content (AvgIpc) is 3.40. The minimum atomic E-state index is -0.707. The molecule has 0 fully saturated rings. The predicted molar refractivity (Wildman–Crippen MR) is 140 cm³/mol. The monoisotopic (exact) mass is 486 g/mol. The Morgan fingerprint density at radius 2 is 1.64 bits per heavy atom. The zero-order chi connectivity index (χ0) is 25.5. The van der Waals surface area contributed by atoms with Gasteiger partial charge in [0.05, 0.1) is 12.8 Å². The molecule has 0 aliphatic heterocycles. The van der Waals surface area contributed by atoms with Gasteiger partial charge in [-0.25, -0.2) is 4.79 Å². The molecule has 4 aromatic rings. The summed E-state index contributed by atoms with van der Waals surface area (Å²) in [5.74, 6) is -0.107. The molecule has 0 aliphatic rings. The number of hydrogen-bond donors (Lipinski definition) is 2. The third-order valence-electron chi connectivity index (χ3n) is 6.20. The number of rotatable bonds is 10. The van der Waals surface area contributed by atoms with Crippen molar-refractivity contribution in [3.05, 3.63) is 117 Å². The second-order valence-corrected chi connectivity index (χ2v) is 8.64. The number of unbranched alkanes of at least 4 members (excludes halogenated alkanes) is 1. The Hall–Kier alpha value is -4.33. The summed E-state index contributed by atoms with van der Waals surface area (Å²) in [5.41, 5.74) is 6.97. The van der Waals surface area contributed by atoms with Crippen molar-refractivity contribution in [3.63, 3.8) is 0 Å². The van der Waals surface area contributed by atoms with E-state index in [1.807, 2.05) is 67.6 Å². The Morgan fingerprint density at radius 3 is 2.19 bits per heavy atom. The van der Waals surface area contributed by atoms with Crippen LogP contribution in [0.25, 0.3) is 0 Å². The minimum absolute atomic E-state index is 0.00138. The van der Waals surface area contributed by atoms with Crippen molar-refractivity contribution >= 4 is 17.4 Å². The van der Waals surface area contributed by atoms with E-state index in [0.29, 0.717) is 18.7 Å². The first-order valence-corrected chi connectivity index (χ1v) is 12.0. The lowest BCUT2D eigenvalue weighted by Gasteiger charge is -2.26. The Balaban J connectivity index is 1.78. The van der Waals surface area contributed by atoms with Crippen LogP contribution in [0.1, 0.15) is 49.0 Å². The van der Waals surface area contributed by atoms with E-state index in [1.54, 1.807) is 12.1 Å². The summed E-state index contributed by atoms with van der Waals surface area (Å²) in [4.78, 5) is 43.1. The molecule has 3 N–H and O–H groups in total. The summed E-state index contributed by atoms with van der Waals surface area (Å²) in [6.07, 6.45) is 3.13. The largest absolute Gasteiger partial charge is 0.467 e. The molecule has 8 heteroatoms. The first kappa shape index (κ1) is 24.8. The number of carbonyl (C=O) groups excluding carboxylic acids is 1. The number of nitrogens with one attached hydrogen (secondary N) is 1. The topological polar surface area (TPSA) is 114 Å². The second kappa shape index (κ2) is 11.4. The highest BCUT2D eigenvalue weighted by atomic mass is 16.3. The molecule has 0 unspecified atom stereocenters. The second-order valence-electron chi connectivity index (χ2n) is 8.64. The number of amides is 1. The molecule has 8 nitrogen and oxygen atoms in total. The van der Waals surface area contributed by atoms with Crippen LogP contribution in [0, 0.1) is 0 Å². The Kier molecular flexibility index (Phi) is 7.85. The number of carbonyl (C=O) groups is 1. The maximum atomic E-state index is 13.9. The van der Waals surface area contributed by atoms with Crippen molar-refractivity contribution in [1.29, 1.82) is 0 Å². The molecular formula is C28H30N4O4. The van der Waals surface area contributed by atoms with Gasteiger partial charge in [-0.05, 0) is 29.7 Å². The molecule has 2 aromatic carbocycles. The molecule has 0 saturated carbocycles. The fraction of sp³-hybridized carbons (Fsp3) is 0.250. The van der Waals surface area contributed by atoms with Crippen LogP contribution in [0.4, 0.5) is 11.5 Å². The maximum absolute atomic E-state index is 13.9. The fourth-order valence-corrected chi connectivity index (χ4v) is 4.31. The Morgan fingerprint density at radius 1 is 1.00 bits per heavy atom. The van der Waals surface area contributed by atoms with Crippen LogP contribution in [0.5, 0.6) is 0 Å². The number of nitrogens with zero attached hydrogens (tertiary/aromatic N) is 2. The molecule has 1 amide bonds. The normalized spacial score (nSPS) is 11.1. The first-order valence-electron chi connectivity index (χ1n) is 12.0. The summed E-state index contributed by atoms with van der Waals surface area (Å²) in [6.45, 7) is 2.33. The molecule has 0 radical (unpaired) electrons. The first-order chi connectivity index (χ1) is 17.5. The third kappa shape index (κ3) is 5.49. The summed E-state index contributed by atoms with van der Waals surface area (Å²) in [6, 6.07) is 22.9. The maximum Gasteiger partial charge on any atom is 0.330 e. The molecule has 186 valence electrons. The van der Waals surface area contributed by atoms with Crippen molar-refractivity contribution in [2.24, 2.45) is 0 Å². The SMILES string of the molecule is CCCCn1c(N)c(N(Cc2ccco2)C(=O)CC(c2ccccc2)c2ccccc2)c(=O)[nH]c1=O. The highest BCUT2D eigenvalue weighted by Crippen LogP contribution is 2.30. The summed E-state index contributed by atoms with van der Waals surface area (Å²) in [7, 11) is 0. The van der Waals surface area contributed by atoms with Crippen molar-refractivity contribution in [3.8, 4) is 0 Å². The van der Waals surface area contributed by atoms with E-state index in [4.69, 9.17) is 10.2 Å². The van der Waals surface area contributed by atoms with Gasteiger partial charge >= 0.3 is 5.69 Å². The number of H-pyrrole nitrogens is 1. The van der Waals surface area contributed by atoms with Crippen molar-refractivity contribution in [2.45, 2.75) is 45.2 Å². The number of anilines is 2. The summed E-state index contributed by atoms with van der Waals surface area (Å²) < 4.78 is 6.81. The van der Waals surface area contributed by atoms with Crippen LogP contribution in [0.2, 0.25) is 0 Å². The van der Waals surface area contributed by atoms with Crippen LogP contribution in [-0.2, 0) is 17.9 Å². The van der Waals surface area contributed by atoms with Crippen LogP contribution < -0.4 is 21.9 Å². The van der Waals surface area contributed by atoms with Crippen LogP contribution in [0.15, 0.2) is 93.1 Å². The number of nitrogens with two attached hydrogens (primary N) is 1. The van der Waals surface area contributed by atoms with Crippen molar-refractivity contribution in [2.75, 3.05) is 10.6 Å². The van der Waals surface area contributed by atoms with E-state index in [2.05, 4.69) is 4.98 Å². The minimum Gasteiger partial charge on any atom is -0.467 e. The van der Waals surface area contributed by atoms with Gasteiger partial charge in [-0.1, -0.05) is 74.0 Å². The molecule has 0 aliphatic carbocycles. The van der Waals surface area contributed by atoms with Crippen LogP contribution in [0.3, 0.4) is 0 Å². The molecule has 0 saturated heterocycles. The van der Waals surface area contributed by atoms with E-state index in [9.17, 15) is 14.4 Å². The standard InChI is InChI=1S/C28H30N4O4/c1-2-3-16-31-26(29)25(27(34)30-28(31)35)32(19-22-15-10-17-36-22)24(33)18-23(20-11-6-4-7-12-20)21-13-8-5-9-14-21/h4-15,17,23H,2-3,16,18-19,29H2,1H3,(H,30,34,35). The lowest BCUT2D eigenvalue weighted by molar-refractivity contribution is -0.119. The highest BCUT2D eigenvalue weighted by molar-refractivity contribution is 5.96. The van der Waals surface area contributed by atoms with Gasteiger partial charge in [0.25, 0.3) is 5.56 Å². The molecular weight excluding hydrogens is 456 g/mol. The van der Waals surface area contributed by atoms with Crippen molar-refractivity contribution in [1.82, 2.24) is 9.55 Å². The van der Waals surface area contributed by atoms with Crippen LogP contribution in [-0.4, -0.2) is 15.5 Å². The average molecular weight is 487 g/mol. The molecule has 4 rings (SSSR count). The third-order valence-corrected chi connectivity index (χ3v) is 6.20. The van der Waals surface area contributed by atoms with Gasteiger partial charge in [-0.3, -0.25) is 24.0 Å². The van der Waals surface area contributed by atoms with E-state index in [-0.39, 0.29) is 36.3 Å². The molecule has 2 aromatic heterocycles. The predicted octanol–water partition coefficient (Wildman–Crippen LogP) is 4.27. The van der Waals surface area contributed by atoms with E-state index in [1.165, 1.54) is 15.7 Å². The lowest BCUT2D eigenvalue weighted by atomic mass is 9.88. The number of aromatic nitrogens is 2. The van der Waals surface area contributed by atoms with E-state index >= 15 is 0 Å². The van der Waals surface area contributed by atoms with Gasteiger partial charge in [-0.15, -0.1) is 0 Å². The number of hydrogen-bond acceptors (Lipinski definition) is 5. The lowest BCUT2D eigenvalue weighted by Crippen LogP contribution is -2.41. The van der Waals surface area contributed by atoms with Gasteiger partial charge in [0.1, 0.15) is 11.6 Å². The number of benzene rings is 2. The molecule has 2 heterocycles. The summed E-state index contributed by atoms with van der Waals surface area (Å²) >= 11 is 0. The zero-order valence-corrected chi connectivity index (χ0v) is 20.2.